The molecule has 0 spiro atoms. The zero-order chi connectivity index (χ0) is 11.9. The van der Waals surface area contributed by atoms with Crippen LogP contribution in [0.2, 0.25) is 0 Å². The molecule has 16 heavy (non-hydrogen) atoms. The van der Waals surface area contributed by atoms with Crippen molar-refractivity contribution in [1.29, 1.82) is 0 Å². The maximum atomic E-state index is 11.8. The van der Waals surface area contributed by atoms with Gasteiger partial charge in [0.2, 0.25) is 0 Å². The number of halogens is 3. The first-order valence-corrected chi connectivity index (χ1v) is 5.33. The van der Waals surface area contributed by atoms with Crippen molar-refractivity contribution in [2.75, 3.05) is 13.1 Å². The molecule has 0 saturated carbocycles. The van der Waals surface area contributed by atoms with Crippen molar-refractivity contribution < 1.29 is 13.2 Å². The van der Waals surface area contributed by atoms with Gasteiger partial charge in [0.15, 0.2) is 0 Å². The minimum absolute atomic E-state index is 0.144. The highest BCUT2D eigenvalue weighted by Crippen LogP contribution is 2.20. The Kier molecular flexibility index (Phi) is 5.31. The second-order valence-electron chi connectivity index (χ2n) is 3.59. The first kappa shape index (κ1) is 13.0. The van der Waals surface area contributed by atoms with E-state index < -0.39 is 12.6 Å². The molecule has 0 aliphatic carbocycles. The minimum atomic E-state index is -4.03. The molecular weight excluding hydrogens is 219 g/mol. The van der Waals surface area contributed by atoms with Gasteiger partial charge in [0.25, 0.3) is 0 Å². The summed E-state index contributed by atoms with van der Waals surface area (Å²) in [6.45, 7) is 1.93. The largest absolute Gasteiger partial charge is 0.389 e. The number of aromatic nitrogens is 2. The second kappa shape index (κ2) is 6.52. The number of hydrogen-bond donors (Lipinski definition) is 1. The van der Waals surface area contributed by atoms with Gasteiger partial charge in [-0.3, -0.25) is 4.68 Å². The Balaban J connectivity index is 1.89. The van der Waals surface area contributed by atoms with Gasteiger partial charge in [-0.2, -0.15) is 18.3 Å². The van der Waals surface area contributed by atoms with Gasteiger partial charge in [-0.05, 0) is 32.0 Å². The van der Waals surface area contributed by atoms with Crippen molar-refractivity contribution in [2.24, 2.45) is 0 Å². The third-order valence-electron chi connectivity index (χ3n) is 2.11. The van der Waals surface area contributed by atoms with Crippen molar-refractivity contribution >= 4 is 0 Å². The lowest BCUT2D eigenvalue weighted by molar-refractivity contribution is -0.135. The Hall–Kier alpha value is -1.04. The van der Waals surface area contributed by atoms with Crippen LogP contribution in [0, 0.1) is 0 Å². The Morgan fingerprint density at radius 1 is 1.19 bits per heavy atom. The van der Waals surface area contributed by atoms with Crippen LogP contribution >= 0.6 is 0 Å². The topological polar surface area (TPSA) is 29.9 Å². The molecular formula is C10H16F3N3. The molecule has 0 saturated heterocycles. The second-order valence-corrected chi connectivity index (χ2v) is 3.59. The quantitative estimate of drug-likeness (QED) is 0.734. The van der Waals surface area contributed by atoms with Crippen LogP contribution in [0.5, 0.6) is 0 Å². The third-order valence-corrected chi connectivity index (χ3v) is 2.11. The Morgan fingerprint density at radius 3 is 2.56 bits per heavy atom. The Morgan fingerprint density at radius 2 is 1.94 bits per heavy atom. The Bertz CT molecular complexity index is 269. The van der Waals surface area contributed by atoms with Crippen molar-refractivity contribution in [3.05, 3.63) is 18.5 Å². The molecule has 6 heteroatoms. The average Bonchev–Trinajstić information content (AvgIpc) is 2.67. The summed E-state index contributed by atoms with van der Waals surface area (Å²) in [6, 6.07) is 1.84. The highest BCUT2D eigenvalue weighted by atomic mass is 19.4. The van der Waals surface area contributed by atoms with Gasteiger partial charge in [-0.15, -0.1) is 0 Å². The van der Waals surface area contributed by atoms with Crippen LogP contribution in [-0.4, -0.2) is 29.0 Å². The summed E-state index contributed by atoms with van der Waals surface area (Å²) in [5, 5.41) is 7.00. The SMILES string of the molecule is FC(F)(F)CCCNCCCn1cccn1. The number of alkyl halides is 3. The Labute approximate surface area is 92.6 Å². The van der Waals surface area contributed by atoms with E-state index in [0.29, 0.717) is 6.54 Å². The average molecular weight is 235 g/mol. The number of aryl methyl sites for hydroxylation is 1. The number of rotatable bonds is 7. The molecule has 1 aromatic rings. The van der Waals surface area contributed by atoms with Crippen LogP contribution in [0.1, 0.15) is 19.3 Å². The van der Waals surface area contributed by atoms with E-state index in [1.165, 1.54) is 0 Å². The fourth-order valence-corrected chi connectivity index (χ4v) is 1.34. The van der Waals surface area contributed by atoms with Crippen molar-refractivity contribution in [1.82, 2.24) is 15.1 Å². The monoisotopic (exact) mass is 235 g/mol. The van der Waals surface area contributed by atoms with Crippen molar-refractivity contribution in [2.45, 2.75) is 32.0 Å². The van der Waals surface area contributed by atoms with E-state index in [9.17, 15) is 13.2 Å². The molecule has 1 heterocycles. The molecule has 0 unspecified atom stereocenters. The minimum Gasteiger partial charge on any atom is -0.317 e. The first-order valence-electron chi connectivity index (χ1n) is 5.33. The van der Waals surface area contributed by atoms with E-state index in [0.717, 1.165) is 19.5 Å². The molecule has 0 bridgehead atoms. The van der Waals surface area contributed by atoms with E-state index in [2.05, 4.69) is 10.4 Å². The van der Waals surface area contributed by atoms with Crippen LogP contribution in [-0.2, 0) is 6.54 Å². The van der Waals surface area contributed by atoms with Gasteiger partial charge >= 0.3 is 6.18 Å². The van der Waals surface area contributed by atoms with E-state index in [1.807, 2.05) is 12.3 Å². The summed E-state index contributed by atoms with van der Waals surface area (Å²) in [5.74, 6) is 0. The predicted octanol–water partition coefficient (Wildman–Crippen LogP) is 2.21. The van der Waals surface area contributed by atoms with Gasteiger partial charge in [-0.1, -0.05) is 0 Å². The van der Waals surface area contributed by atoms with Crippen LogP contribution < -0.4 is 5.32 Å². The molecule has 92 valence electrons. The molecule has 0 radical (unpaired) electrons. The maximum Gasteiger partial charge on any atom is 0.389 e. The van der Waals surface area contributed by atoms with Gasteiger partial charge in [-0.25, -0.2) is 0 Å². The van der Waals surface area contributed by atoms with Crippen molar-refractivity contribution in [3.8, 4) is 0 Å². The zero-order valence-corrected chi connectivity index (χ0v) is 9.00. The third kappa shape index (κ3) is 6.44. The zero-order valence-electron chi connectivity index (χ0n) is 9.00. The summed E-state index contributed by atoms with van der Waals surface area (Å²) < 4.78 is 37.1. The van der Waals surface area contributed by atoms with Gasteiger partial charge in [0.1, 0.15) is 0 Å². The summed E-state index contributed by atoms with van der Waals surface area (Å²) in [5.41, 5.74) is 0. The maximum absolute atomic E-state index is 11.8. The van der Waals surface area contributed by atoms with E-state index >= 15 is 0 Å². The molecule has 1 rings (SSSR count). The molecule has 0 fully saturated rings. The van der Waals surface area contributed by atoms with Crippen LogP contribution in [0.3, 0.4) is 0 Å². The van der Waals surface area contributed by atoms with E-state index in [-0.39, 0.29) is 6.42 Å². The smallest absolute Gasteiger partial charge is 0.317 e. The normalized spacial score (nSPS) is 11.9. The molecule has 0 aliphatic rings. The fourth-order valence-electron chi connectivity index (χ4n) is 1.34. The highest BCUT2D eigenvalue weighted by molar-refractivity contribution is 4.77. The molecule has 0 atom stereocenters. The van der Waals surface area contributed by atoms with Crippen LogP contribution in [0.4, 0.5) is 13.2 Å². The predicted molar refractivity (Wildman–Crippen MR) is 55.0 cm³/mol. The van der Waals surface area contributed by atoms with Gasteiger partial charge in [0, 0.05) is 25.4 Å². The fraction of sp³-hybridized carbons (Fsp3) is 0.700. The van der Waals surface area contributed by atoms with E-state index in [4.69, 9.17) is 0 Å². The molecule has 3 nitrogen and oxygen atoms in total. The number of nitrogens with zero attached hydrogens (tertiary/aromatic N) is 2. The highest BCUT2D eigenvalue weighted by Gasteiger charge is 2.25. The lowest BCUT2D eigenvalue weighted by atomic mass is 10.3. The number of hydrogen-bond acceptors (Lipinski definition) is 2. The first-order chi connectivity index (χ1) is 7.58. The summed E-state index contributed by atoms with van der Waals surface area (Å²) in [4.78, 5) is 0. The standard InChI is InChI=1S/C10H16F3N3/c11-10(12,13)4-1-5-14-6-2-8-16-9-3-7-15-16/h3,7,9,14H,1-2,4-6,8H2. The lowest BCUT2D eigenvalue weighted by Crippen LogP contribution is -2.20. The van der Waals surface area contributed by atoms with Gasteiger partial charge in [0.05, 0.1) is 0 Å². The van der Waals surface area contributed by atoms with Crippen molar-refractivity contribution in [3.63, 3.8) is 0 Å². The van der Waals surface area contributed by atoms with Crippen LogP contribution in [0.25, 0.3) is 0 Å². The van der Waals surface area contributed by atoms with Gasteiger partial charge < -0.3 is 5.32 Å². The molecule has 0 aromatic carbocycles. The summed E-state index contributed by atoms with van der Waals surface area (Å²) >= 11 is 0. The molecule has 0 aliphatic heterocycles. The number of nitrogens with one attached hydrogen (secondary N) is 1. The molecule has 1 aromatic heterocycles. The molecule has 1 N–H and O–H groups in total. The summed E-state index contributed by atoms with van der Waals surface area (Å²) in [6.07, 6.45) is -0.157. The van der Waals surface area contributed by atoms with Crippen LogP contribution in [0.15, 0.2) is 18.5 Å². The lowest BCUT2D eigenvalue weighted by Gasteiger charge is -2.07. The van der Waals surface area contributed by atoms with E-state index in [1.54, 1.807) is 10.9 Å². The summed E-state index contributed by atoms with van der Waals surface area (Å²) in [7, 11) is 0. The molecule has 0 amide bonds.